The number of alkyl halides is 3. The van der Waals surface area contributed by atoms with Crippen LogP contribution in [0.25, 0.3) is 0 Å². The van der Waals surface area contributed by atoms with Crippen molar-refractivity contribution in [1.82, 2.24) is 0 Å². The van der Waals surface area contributed by atoms with Gasteiger partial charge in [-0.05, 0) is 43.9 Å². The van der Waals surface area contributed by atoms with Gasteiger partial charge in [-0.3, -0.25) is 0 Å². The third-order valence-electron chi connectivity index (χ3n) is 3.71. The van der Waals surface area contributed by atoms with E-state index in [-0.39, 0.29) is 24.0 Å². The van der Waals surface area contributed by atoms with E-state index in [1.165, 1.54) is 12.1 Å². The molecular weight excluding hydrogens is 269 g/mol. The molecule has 0 atom stereocenters. The molecule has 1 aliphatic rings. The molecule has 1 aliphatic carbocycles. The average Bonchev–Trinajstić information content (AvgIpc) is 2.31. The second-order valence-corrected chi connectivity index (χ2v) is 5.13. The number of rotatable bonds is 5. The Bertz CT molecular complexity index is 458. The van der Waals surface area contributed by atoms with E-state index in [2.05, 4.69) is 0 Å². The lowest BCUT2D eigenvalue weighted by Crippen LogP contribution is -2.42. The molecule has 0 bridgehead atoms. The van der Waals surface area contributed by atoms with Crippen molar-refractivity contribution in [2.75, 3.05) is 23.8 Å². The molecule has 0 amide bonds. The monoisotopic (exact) mass is 288 g/mol. The van der Waals surface area contributed by atoms with Crippen LogP contribution >= 0.6 is 0 Å². The number of hydrogen-bond donors (Lipinski definition) is 2. The first-order valence-electron chi connectivity index (χ1n) is 6.77. The maximum Gasteiger partial charge on any atom is 0.418 e. The zero-order chi connectivity index (χ0) is 14.8. The normalized spacial score (nSPS) is 16.0. The Hall–Kier alpha value is -1.43. The molecule has 0 radical (unpaired) electrons. The van der Waals surface area contributed by atoms with Crippen LogP contribution in [0.2, 0.25) is 0 Å². The fourth-order valence-corrected chi connectivity index (χ4v) is 2.47. The standard InChI is InChI=1S/C14H19F3N2O/c15-14(16,17)12-9-10(18)5-6-13(12)19(7-2-8-20)11-3-1-4-11/h5-6,9,11,20H,1-4,7-8,18H2. The third kappa shape index (κ3) is 3.17. The van der Waals surface area contributed by atoms with Crippen molar-refractivity contribution in [1.29, 1.82) is 0 Å². The van der Waals surface area contributed by atoms with Crippen molar-refractivity contribution in [2.24, 2.45) is 0 Å². The van der Waals surface area contributed by atoms with Crippen molar-refractivity contribution in [3.05, 3.63) is 23.8 Å². The molecule has 1 aromatic rings. The number of aliphatic hydroxyl groups is 1. The summed E-state index contributed by atoms with van der Waals surface area (Å²) in [6, 6.07) is 4.05. The van der Waals surface area contributed by atoms with Gasteiger partial charge in [0.15, 0.2) is 0 Å². The second kappa shape index (κ2) is 5.91. The Morgan fingerprint density at radius 2 is 2.00 bits per heavy atom. The largest absolute Gasteiger partial charge is 0.418 e. The first-order chi connectivity index (χ1) is 9.43. The first kappa shape index (κ1) is 15.0. The van der Waals surface area contributed by atoms with E-state index in [9.17, 15) is 13.2 Å². The molecule has 1 saturated carbocycles. The minimum Gasteiger partial charge on any atom is -0.399 e. The molecule has 6 heteroatoms. The molecule has 0 heterocycles. The van der Waals surface area contributed by atoms with Gasteiger partial charge in [0.1, 0.15) is 0 Å². The Labute approximate surface area is 116 Å². The Kier molecular flexibility index (Phi) is 4.42. The number of nitrogens with two attached hydrogens (primary N) is 1. The van der Waals surface area contributed by atoms with E-state index in [1.807, 2.05) is 0 Å². The highest BCUT2D eigenvalue weighted by Crippen LogP contribution is 2.40. The van der Waals surface area contributed by atoms with E-state index in [0.717, 1.165) is 25.3 Å². The number of nitrogens with zero attached hydrogens (tertiary/aromatic N) is 1. The number of halogens is 3. The van der Waals surface area contributed by atoms with E-state index in [4.69, 9.17) is 10.8 Å². The first-order valence-corrected chi connectivity index (χ1v) is 6.77. The highest BCUT2D eigenvalue weighted by Gasteiger charge is 2.37. The SMILES string of the molecule is Nc1ccc(N(CCCO)C2CCC2)c(C(F)(F)F)c1. The van der Waals surface area contributed by atoms with Gasteiger partial charge in [-0.15, -0.1) is 0 Å². The summed E-state index contributed by atoms with van der Waals surface area (Å²) >= 11 is 0. The van der Waals surface area contributed by atoms with E-state index in [0.29, 0.717) is 13.0 Å². The fourth-order valence-electron chi connectivity index (χ4n) is 2.47. The number of anilines is 2. The maximum absolute atomic E-state index is 13.2. The summed E-state index contributed by atoms with van der Waals surface area (Å²) in [5.41, 5.74) is 5.08. The predicted octanol–water partition coefficient (Wildman–Crippen LogP) is 3.03. The summed E-state index contributed by atoms with van der Waals surface area (Å²) < 4.78 is 39.5. The molecule has 3 nitrogen and oxygen atoms in total. The zero-order valence-corrected chi connectivity index (χ0v) is 11.2. The molecule has 112 valence electrons. The van der Waals surface area contributed by atoms with Crippen LogP contribution in [0.4, 0.5) is 24.5 Å². The highest BCUT2D eigenvalue weighted by atomic mass is 19.4. The Balaban J connectivity index is 2.36. The molecule has 0 spiro atoms. The van der Waals surface area contributed by atoms with Gasteiger partial charge >= 0.3 is 6.18 Å². The van der Waals surface area contributed by atoms with Gasteiger partial charge in [0, 0.05) is 30.6 Å². The summed E-state index contributed by atoms with van der Waals surface area (Å²) in [5, 5.41) is 8.94. The minimum absolute atomic E-state index is 0.0282. The van der Waals surface area contributed by atoms with Gasteiger partial charge < -0.3 is 15.7 Å². The van der Waals surface area contributed by atoms with Gasteiger partial charge in [0.05, 0.1) is 5.56 Å². The molecule has 0 aromatic heterocycles. The molecule has 3 N–H and O–H groups in total. The molecular formula is C14H19F3N2O. The molecule has 0 saturated heterocycles. The number of nitrogen functional groups attached to an aromatic ring is 1. The molecule has 0 aliphatic heterocycles. The highest BCUT2D eigenvalue weighted by molar-refractivity contribution is 5.61. The molecule has 20 heavy (non-hydrogen) atoms. The van der Waals surface area contributed by atoms with Crippen LogP contribution in [0, 0.1) is 0 Å². The van der Waals surface area contributed by atoms with Crippen LogP contribution in [0.1, 0.15) is 31.2 Å². The topological polar surface area (TPSA) is 49.5 Å². The second-order valence-electron chi connectivity index (χ2n) is 5.13. The van der Waals surface area contributed by atoms with Crippen molar-refractivity contribution in [2.45, 2.75) is 37.9 Å². The number of benzene rings is 1. The summed E-state index contributed by atoms with van der Waals surface area (Å²) in [6.45, 7) is 0.397. The molecule has 1 aromatic carbocycles. The van der Waals surface area contributed by atoms with Crippen molar-refractivity contribution in [3.8, 4) is 0 Å². The van der Waals surface area contributed by atoms with Crippen LogP contribution in [0.15, 0.2) is 18.2 Å². The summed E-state index contributed by atoms with van der Waals surface area (Å²) in [5.74, 6) is 0. The molecule has 0 unspecified atom stereocenters. The summed E-state index contributed by atoms with van der Waals surface area (Å²) in [7, 11) is 0. The van der Waals surface area contributed by atoms with Crippen LogP contribution in [-0.4, -0.2) is 24.3 Å². The van der Waals surface area contributed by atoms with Gasteiger partial charge in [-0.2, -0.15) is 13.2 Å². The Morgan fingerprint density at radius 1 is 1.30 bits per heavy atom. The summed E-state index contributed by atoms with van der Waals surface area (Å²) in [6.07, 6.45) is -1.14. The van der Waals surface area contributed by atoms with E-state index in [1.54, 1.807) is 4.90 Å². The van der Waals surface area contributed by atoms with Crippen molar-refractivity contribution >= 4 is 11.4 Å². The molecule has 2 rings (SSSR count). The number of hydrogen-bond acceptors (Lipinski definition) is 3. The lowest BCUT2D eigenvalue weighted by atomic mass is 9.90. The fraction of sp³-hybridized carbons (Fsp3) is 0.571. The van der Waals surface area contributed by atoms with Gasteiger partial charge in [-0.25, -0.2) is 0 Å². The van der Waals surface area contributed by atoms with Gasteiger partial charge in [0.25, 0.3) is 0 Å². The minimum atomic E-state index is -4.42. The Morgan fingerprint density at radius 3 is 2.50 bits per heavy atom. The van der Waals surface area contributed by atoms with E-state index >= 15 is 0 Å². The van der Waals surface area contributed by atoms with Crippen LogP contribution in [0.5, 0.6) is 0 Å². The van der Waals surface area contributed by atoms with Crippen LogP contribution in [-0.2, 0) is 6.18 Å². The quantitative estimate of drug-likeness (QED) is 0.819. The lowest BCUT2D eigenvalue weighted by molar-refractivity contribution is -0.137. The number of aliphatic hydroxyl groups excluding tert-OH is 1. The van der Waals surface area contributed by atoms with Crippen molar-refractivity contribution in [3.63, 3.8) is 0 Å². The average molecular weight is 288 g/mol. The van der Waals surface area contributed by atoms with Crippen molar-refractivity contribution < 1.29 is 18.3 Å². The smallest absolute Gasteiger partial charge is 0.399 e. The van der Waals surface area contributed by atoms with Crippen LogP contribution in [0.3, 0.4) is 0 Å². The lowest BCUT2D eigenvalue weighted by Gasteiger charge is -2.40. The van der Waals surface area contributed by atoms with Crippen LogP contribution < -0.4 is 10.6 Å². The third-order valence-corrected chi connectivity index (χ3v) is 3.71. The molecule has 1 fully saturated rings. The zero-order valence-electron chi connectivity index (χ0n) is 11.2. The summed E-state index contributed by atoms with van der Waals surface area (Å²) in [4.78, 5) is 1.77. The maximum atomic E-state index is 13.2. The predicted molar refractivity (Wildman–Crippen MR) is 72.5 cm³/mol. The van der Waals surface area contributed by atoms with Gasteiger partial charge in [-0.1, -0.05) is 0 Å². The van der Waals surface area contributed by atoms with E-state index < -0.39 is 11.7 Å². The van der Waals surface area contributed by atoms with Gasteiger partial charge in [0.2, 0.25) is 0 Å².